The van der Waals surface area contributed by atoms with E-state index in [4.69, 9.17) is 37.4 Å². The minimum Gasteiger partial charge on any atom is -0.491 e. The molecule has 1 aliphatic heterocycles. The highest BCUT2D eigenvalue weighted by Gasteiger charge is 2.45. The summed E-state index contributed by atoms with van der Waals surface area (Å²) in [6, 6.07) is 14.9. The Kier molecular flexibility index (Phi) is 6.07. The Balaban J connectivity index is 1.29. The molecule has 0 spiro atoms. The van der Waals surface area contributed by atoms with Crippen LogP contribution in [-0.2, 0) is 21.8 Å². The number of ether oxygens (including phenoxy) is 3. The number of rotatable bonds is 7. The van der Waals surface area contributed by atoms with Gasteiger partial charge < -0.3 is 14.2 Å². The Morgan fingerprint density at radius 2 is 2.00 bits per heavy atom. The molecule has 2 aromatic carbocycles. The molecule has 2 aromatic heterocycles. The number of halogens is 2. The van der Waals surface area contributed by atoms with Crippen molar-refractivity contribution >= 4 is 23.2 Å². The van der Waals surface area contributed by atoms with E-state index in [9.17, 15) is 0 Å². The molecule has 8 nitrogen and oxygen atoms in total. The normalized spacial score (nSPS) is 20.3. The zero-order valence-corrected chi connectivity index (χ0v) is 19.3. The summed E-state index contributed by atoms with van der Waals surface area (Å²) in [6.07, 6.45) is 4.67. The van der Waals surface area contributed by atoms with Gasteiger partial charge in [0.1, 0.15) is 37.7 Å². The Bertz CT molecular complexity index is 1230. The molecular formula is C23H21Cl2N5O3. The summed E-state index contributed by atoms with van der Waals surface area (Å²) in [4.78, 5) is 4.01. The van der Waals surface area contributed by atoms with Gasteiger partial charge in [0.15, 0.2) is 0 Å². The van der Waals surface area contributed by atoms with Crippen molar-refractivity contribution in [2.45, 2.75) is 25.4 Å². The molecule has 0 saturated carbocycles. The second-order valence-corrected chi connectivity index (χ2v) is 8.57. The van der Waals surface area contributed by atoms with E-state index in [1.807, 2.05) is 48.1 Å². The molecule has 4 aromatic rings. The van der Waals surface area contributed by atoms with Crippen LogP contribution in [0.5, 0.6) is 5.75 Å². The molecule has 5 rings (SSSR count). The van der Waals surface area contributed by atoms with Gasteiger partial charge in [-0.25, -0.2) is 14.3 Å². The first-order valence-electron chi connectivity index (χ1n) is 10.4. The largest absolute Gasteiger partial charge is 0.491 e. The second kappa shape index (κ2) is 9.15. The fraction of sp³-hybridized carbons (Fsp3) is 0.261. The summed E-state index contributed by atoms with van der Waals surface area (Å²) in [6.45, 7) is 2.88. The van der Waals surface area contributed by atoms with Gasteiger partial charge in [-0.15, -0.1) is 0 Å². The van der Waals surface area contributed by atoms with E-state index in [2.05, 4.69) is 15.2 Å². The van der Waals surface area contributed by atoms with Gasteiger partial charge in [-0.05, 0) is 49.4 Å². The molecule has 3 heterocycles. The molecule has 170 valence electrons. The minimum absolute atomic E-state index is 0.281. The Morgan fingerprint density at radius 3 is 2.70 bits per heavy atom. The summed E-state index contributed by atoms with van der Waals surface area (Å²) in [5, 5.41) is 9.59. The number of benzene rings is 2. The van der Waals surface area contributed by atoms with Crippen LogP contribution in [-0.4, -0.2) is 43.9 Å². The highest BCUT2D eigenvalue weighted by Crippen LogP contribution is 2.40. The molecule has 0 aliphatic carbocycles. The van der Waals surface area contributed by atoms with Gasteiger partial charge in [-0.3, -0.25) is 0 Å². The van der Waals surface area contributed by atoms with E-state index in [1.54, 1.807) is 29.2 Å². The van der Waals surface area contributed by atoms with Crippen LogP contribution in [0.3, 0.4) is 0 Å². The standard InChI is InChI=1S/C23H21Cl2N5O3/c1-16-8-9-30(28-16)18-3-5-19(6-4-18)31-11-20-12-32-23(33-20,13-29-15-26-14-27-29)21-7-2-17(24)10-22(21)25/h2-10,14-15,20H,11-13H2,1H3. The molecule has 0 N–H and O–H groups in total. The maximum absolute atomic E-state index is 6.50. The third-order valence-electron chi connectivity index (χ3n) is 5.30. The van der Waals surface area contributed by atoms with Gasteiger partial charge >= 0.3 is 0 Å². The minimum atomic E-state index is -1.13. The van der Waals surface area contributed by atoms with Gasteiger partial charge in [0.25, 0.3) is 0 Å². The monoisotopic (exact) mass is 485 g/mol. The molecule has 1 saturated heterocycles. The van der Waals surface area contributed by atoms with E-state index < -0.39 is 5.79 Å². The summed E-state index contributed by atoms with van der Waals surface area (Å²) in [7, 11) is 0. The van der Waals surface area contributed by atoms with Crippen LogP contribution in [0.1, 0.15) is 11.3 Å². The number of hydrogen-bond acceptors (Lipinski definition) is 6. The lowest BCUT2D eigenvalue weighted by Gasteiger charge is -2.29. The van der Waals surface area contributed by atoms with Crippen molar-refractivity contribution in [2.75, 3.05) is 13.2 Å². The molecule has 1 fully saturated rings. The highest BCUT2D eigenvalue weighted by molar-refractivity contribution is 6.35. The van der Waals surface area contributed by atoms with Crippen LogP contribution < -0.4 is 4.74 Å². The zero-order chi connectivity index (χ0) is 22.8. The fourth-order valence-corrected chi connectivity index (χ4v) is 4.28. The Morgan fingerprint density at radius 1 is 1.15 bits per heavy atom. The number of aromatic nitrogens is 5. The molecule has 2 unspecified atom stereocenters. The molecule has 1 aliphatic rings. The fourth-order valence-electron chi connectivity index (χ4n) is 3.73. The van der Waals surface area contributed by atoms with Gasteiger partial charge in [0.2, 0.25) is 5.79 Å². The lowest BCUT2D eigenvalue weighted by molar-refractivity contribution is -0.190. The molecule has 10 heteroatoms. The summed E-state index contributed by atoms with van der Waals surface area (Å²) < 4.78 is 22.0. The van der Waals surface area contributed by atoms with Crippen molar-refractivity contribution in [1.82, 2.24) is 24.5 Å². The van der Waals surface area contributed by atoms with Crippen molar-refractivity contribution in [1.29, 1.82) is 0 Å². The molecule has 33 heavy (non-hydrogen) atoms. The van der Waals surface area contributed by atoms with Crippen LogP contribution in [0.25, 0.3) is 5.69 Å². The number of nitrogens with zero attached hydrogens (tertiary/aromatic N) is 5. The first-order chi connectivity index (χ1) is 16.0. The van der Waals surface area contributed by atoms with E-state index in [-0.39, 0.29) is 12.6 Å². The molecule has 0 amide bonds. The van der Waals surface area contributed by atoms with Crippen molar-refractivity contribution < 1.29 is 14.2 Å². The summed E-state index contributed by atoms with van der Waals surface area (Å²) in [5.41, 5.74) is 2.59. The van der Waals surface area contributed by atoms with E-state index in [0.29, 0.717) is 28.8 Å². The zero-order valence-electron chi connectivity index (χ0n) is 17.8. The Labute approximate surface area is 200 Å². The van der Waals surface area contributed by atoms with Crippen molar-refractivity contribution in [2.24, 2.45) is 0 Å². The SMILES string of the molecule is Cc1ccn(-c2ccc(OCC3COC(Cn4cncn4)(c4ccc(Cl)cc4Cl)O3)cc2)n1. The molecular weight excluding hydrogens is 465 g/mol. The van der Waals surface area contributed by atoms with E-state index in [0.717, 1.165) is 17.1 Å². The quantitative estimate of drug-likeness (QED) is 0.385. The maximum atomic E-state index is 6.50. The Hall–Kier alpha value is -2.91. The van der Waals surface area contributed by atoms with E-state index in [1.165, 1.54) is 6.33 Å². The van der Waals surface area contributed by atoms with Crippen LogP contribution >= 0.6 is 23.2 Å². The molecule has 0 bridgehead atoms. The number of hydrogen-bond donors (Lipinski definition) is 0. The van der Waals surface area contributed by atoms with Crippen molar-refractivity contribution in [3.63, 3.8) is 0 Å². The van der Waals surface area contributed by atoms with Crippen LogP contribution in [0.2, 0.25) is 10.0 Å². The predicted molar refractivity (Wildman–Crippen MR) is 123 cm³/mol. The van der Waals surface area contributed by atoms with Crippen molar-refractivity contribution in [3.05, 3.63) is 88.7 Å². The van der Waals surface area contributed by atoms with Crippen LogP contribution in [0, 0.1) is 6.92 Å². The van der Waals surface area contributed by atoms with Gasteiger partial charge in [0.05, 0.1) is 23.0 Å². The van der Waals surface area contributed by atoms with Gasteiger partial charge in [0, 0.05) is 16.8 Å². The van der Waals surface area contributed by atoms with Crippen molar-refractivity contribution in [3.8, 4) is 11.4 Å². The average molecular weight is 486 g/mol. The average Bonchev–Trinajstić information content (AvgIpc) is 3.55. The van der Waals surface area contributed by atoms with Gasteiger partial charge in [-0.2, -0.15) is 10.2 Å². The topological polar surface area (TPSA) is 76.2 Å². The lowest BCUT2D eigenvalue weighted by atomic mass is 10.1. The summed E-state index contributed by atoms with van der Waals surface area (Å²) in [5.74, 6) is -0.407. The van der Waals surface area contributed by atoms with Gasteiger partial charge in [-0.1, -0.05) is 29.3 Å². The first kappa shape index (κ1) is 21.9. The third kappa shape index (κ3) is 4.74. The molecule has 0 radical (unpaired) electrons. The maximum Gasteiger partial charge on any atom is 0.217 e. The molecule has 2 atom stereocenters. The highest BCUT2D eigenvalue weighted by atomic mass is 35.5. The summed E-state index contributed by atoms with van der Waals surface area (Å²) >= 11 is 12.6. The number of aryl methyl sites for hydroxylation is 1. The second-order valence-electron chi connectivity index (χ2n) is 7.73. The lowest BCUT2D eigenvalue weighted by Crippen LogP contribution is -2.35. The predicted octanol–water partition coefficient (Wildman–Crippen LogP) is 4.43. The van der Waals surface area contributed by atoms with Crippen LogP contribution in [0.4, 0.5) is 0 Å². The van der Waals surface area contributed by atoms with E-state index >= 15 is 0 Å². The first-order valence-corrected chi connectivity index (χ1v) is 11.1. The smallest absolute Gasteiger partial charge is 0.217 e. The van der Waals surface area contributed by atoms with Crippen LogP contribution in [0.15, 0.2) is 67.4 Å². The third-order valence-corrected chi connectivity index (χ3v) is 5.85.